The van der Waals surface area contributed by atoms with Gasteiger partial charge in [-0.3, -0.25) is 0 Å². The van der Waals surface area contributed by atoms with Crippen molar-refractivity contribution in [2.75, 3.05) is 13.1 Å². The largest absolute Gasteiger partial charge is 0.416 e. The zero-order valence-electron chi connectivity index (χ0n) is 13.4. The van der Waals surface area contributed by atoms with Crippen LogP contribution in [0.2, 0.25) is 0 Å². The number of piperidine rings is 1. The maximum Gasteiger partial charge on any atom is 0.416 e. The molecule has 0 amide bonds. The summed E-state index contributed by atoms with van der Waals surface area (Å²) < 4.78 is 40.7. The first-order chi connectivity index (χ1) is 12.0. The number of benzene rings is 1. The van der Waals surface area contributed by atoms with Crippen molar-refractivity contribution < 1.29 is 13.2 Å². The Bertz CT molecular complexity index is 895. The van der Waals surface area contributed by atoms with Crippen LogP contribution in [0.25, 0.3) is 16.8 Å². The first-order valence-corrected chi connectivity index (χ1v) is 8.25. The van der Waals surface area contributed by atoms with Crippen molar-refractivity contribution in [3.05, 3.63) is 54.0 Å². The normalized spacial score (nSPS) is 18.6. The lowest BCUT2D eigenvalue weighted by Gasteiger charge is -2.23. The van der Waals surface area contributed by atoms with Gasteiger partial charge in [0.2, 0.25) is 0 Å². The Morgan fingerprint density at radius 3 is 2.84 bits per heavy atom. The van der Waals surface area contributed by atoms with Crippen LogP contribution in [0.15, 0.2) is 42.7 Å². The highest BCUT2D eigenvalue weighted by molar-refractivity contribution is 5.77. The van der Waals surface area contributed by atoms with E-state index in [9.17, 15) is 13.2 Å². The van der Waals surface area contributed by atoms with E-state index in [1.807, 2.05) is 6.07 Å². The van der Waals surface area contributed by atoms with Crippen LogP contribution in [0.3, 0.4) is 0 Å². The molecule has 0 aliphatic carbocycles. The molecule has 0 radical (unpaired) electrons. The Labute approximate surface area is 142 Å². The van der Waals surface area contributed by atoms with Gasteiger partial charge in [-0.2, -0.15) is 18.3 Å². The average Bonchev–Trinajstić information content (AvgIpc) is 3.06. The van der Waals surface area contributed by atoms with Crippen LogP contribution in [-0.2, 0) is 6.18 Å². The Balaban J connectivity index is 1.79. The second-order valence-electron chi connectivity index (χ2n) is 6.29. The van der Waals surface area contributed by atoms with Crippen molar-refractivity contribution in [3.63, 3.8) is 0 Å². The second-order valence-corrected chi connectivity index (χ2v) is 6.29. The molecular weight excluding hydrogens is 329 g/mol. The van der Waals surface area contributed by atoms with Crippen molar-refractivity contribution in [2.24, 2.45) is 0 Å². The van der Waals surface area contributed by atoms with Crippen molar-refractivity contribution >= 4 is 5.65 Å². The van der Waals surface area contributed by atoms with Crippen LogP contribution < -0.4 is 5.32 Å². The minimum atomic E-state index is -4.37. The summed E-state index contributed by atoms with van der Waals surface area (Å²) in [7, 11) is 0. The summed E-state index contributed by atoms with van der Waals surface area (Å²) in [6.07, 6.45) is 1.09. The van der Waals surface area contributed by atoms with Gasteiger partial charge in [-0.25, -0.2) is 9.50 Å². The number of aromatic nitrogens is 3. The van der Waals surface area contributed by atoms with E-state index in [1.54, 1.807) is 23.0 Å². The molecule has 7 heteroatoms. The number of alkyl halides is 3. The lowest BCUT2D eigenvalue weighted by molar-refractivity contribution is -0.137. The predicted octanol–water partition coefficient (Wildman–Crippen LogP) is 3.88. The Morgan fingerprint density at radius 1 is 1.20 bits per heavy atom. The number of rotatable bonds is 2. The molecule has 0 spiro atoms. The van der Waals surface area contributed by atoms with E-state index >= 15 is 0 Å². The lowest BCUT2D eigenvalue weighted by Crippen LogP contribution is -2.29. The molecule has 1 aliphatic heterocycles. The van der Waals surface area contributed by atoms with Gasteiger partial charge in [0.15, 0.2) is 5.65 Å². The van der Waals surface area contributed by atoms with Crippen molar-refractivity contribution in [3.8, 4) is 11.1 Å². The first-order valence-electron chi connectivity index (χ1n) is 8.25. The van der Waals surface area contributed by atoms with Crippen LogP contribution >= 0.6 is 0 Å². The highest BCUT2D eigenvalue weighted by atomic mass is 19.4. The molecule has 3 heterocycles. The molecule has 1 aliphatic rings. The fraction of sp³-hybridized carbons (Fsp3) is 0.333. The third-order valence-corrected chi connectivity index (χ3v) is 4.65. The Kier molecular flexibility index (Phi) is 3.95. The topological polar surface area (TPSA) is 42.2 Å². The van der Waals surface area contributed by atoms with Gasteiger partial charge < -0.3 is 5.32 Å². The summed E-state index contributed by atoms with van der Waals surface area (Å²) in [6.45, 7) is 1.89. The standard InChI is InChI=1S/C18H17F3N4/c19-18(20,21)14-5-1-3-12(9-14)15-11-24-25-16(6-8-23-17(15)25)13-4-2-7-22-10-13/h1,3,5-6,8-9,11,13,22H,2,4,7,10H2. The number of halogens is 3. The molecule has 1 N–H and O–H groups in total. The maximum absolute atomic E-state index is 13.0. The fourth-order valence-electron chi connectivity index (χ4n) is 3.39. The number of nitrogens with one attached hydrogen (secondary N) is 1. The monoisotopic (exact) mass is 346 g/mol. The quantitative estimate of drug-likeness (QED) is 0.766. The minimum absolute atomic E-state index is 0.327. The molecule has 1 atom stereocenters. The van der Waals surface area contributed by atoms with Gasteiger partial charge in [-0.05, 0) is 43.1 Å². The molecule has 1 saturated heterocycles. The van der Waals surface area contributed by atoms with Crippen LogP contribution in [-0.4, -0.2) is 27.7 Å². The van der Waals surface area contributed by atoms with E-state index < -0.39 is 11.7 Å². The van der Waals surface area contributed by atoms with Crippen LogP contribution in [0.1, 0.15) is 30.0 Å². The summed E-state index contributed by atoms with van der Waals surface area (Å²) in [5.41, 5.74) is 2.03. The van der Waals surface area contributed by atoms with E-state index in [0.717, 1.165) is 43.8 Å². The zero-order valence-corrected chi connectivity index (χ0v) is 13.4. The summed E-state index contributed by atoms with van der Waals surface area (Å²) in [5, 5.41) is 7.78. The second kappa shape index (κ2) is 6.15. The predicted molar refractivity (Wildman–Crippen MR) is 88.3 cm³/mol. The number of fused-ring (bicyclic) bond motifs is 1. The van der Waals surface area contributed by atoms with Gasteiger partial charge in [0.1, 0.15) is 0 Å². The molecule has 130 valence electrons. The van der Waals surface area contributed by atoms with Gasteiger partial charge in [0.05, 0.1) is 17.5 Å². The highest BCUT2D eigenvalue weighted by Crippen LogP contribution is 2.33. The molecule has 0 bridgehead atoms. The summed E-state index contributed by atoms with van der Waals surface area (Å²) in [6, 6.07) is 7.22. The maximum atomic E-state index is 13.0. The number of hydrogen-bond donors (Lipinski definition) is 1. The number of nitrogens with zero attached hydrogens (tertiary/aromatic N) is 3. The smallest absolute Gasteiger partial charge is 0.316 e. The third-order valence-electron chi connectivity index (χ3n) is 4.65. The Morgan fingerprint density at radius 2 is 2.08 bits per heavy atom. The average molecular weight is 346 g/mol. The molecule has 1 unspecified atom stereocenters. The van der Waals surface area contributed by atoms with Gasteiger partial charge in [0.25, 0.3) is 0 Å². The molecule has 4 nitrogen and oxygen atoms in total. The molecule has 3 aromatic rings. The molecule has 2 aromatic heterocycles. The van der Waals surface area contributed by atoms with Crippen LogP contribution in [0.5, 0.6) is 0 Å². The summed E-state index contributed by atoms with van der Waals surface area (Å²) in [4.78, 5) is 4.36. The van der Waals surface area contributed by atoms with E-state index in [4.69, 9.17) is 0 Å². The van der Waals surface area contributed by atoms with E-state index in [0.29, 0.717) is 22.7 Å². The van der Waals surface area contributed by atoms with Crippen LogP contribution in [0.4, 0.5) is 13.2 Å². The van der Waals surface area contributed by atoms with Gasteiger partial charge in [0, 0.05) is 24.2 Å². The molecular formula is C18H17F3N4. The molecule has 0 saturated carbocycles. The van der Waals surface area contributed by atoms with Gasteiger partial charge in [-0.1, -0.05) is 12.1 Å². The molecule has 25 heavy (non-hydrogen) atoms. The van der Waals surface area contributed by atoms with Gasteiger partial charge in [-0.15, -0.1) is 0 Å². The highest BCUT2D eigenvalue weighted by Gasteiger charge is 2.30. The minimum Gasteiger partial charge on any atom is -0.316 e. The van der Waals surface area contributed by atoms with Crippen molar-refractivity contribution in [2.45, 2.75) is 24.9 Å². The molecule has 1 fully saturated rings. The lowest BCUT2D eigenvalue weighted by atomic mass is 9.96. The number of hydrogen-bond acceptors (Lipinski definition) is 3. The van der Waals surface area contributed by atoms with Gasteiger partial charge >= 0.3 is 6.18 Å². The summed E-state index contributed by atoms with van der Waals surface area (Å²) in [5.74, 6) is 0.327. The third kappa shape index (κ3) is 3.00. The molecule has 1 aromatic carbocycles. The van der Waals surface area contributed by atoms with E-state index in [1.165, 1.54) is 6.07 Å². The fourth-order valence-corrected chi connectivity index (χ4v) is 3.39. The van der Waals surface area contributed by atoms with Crippen molar-refractivity contribution in [1.82, 2.24) is 19.9 Å². The SMILES string of the molecule is FC(F)(F)c1cccc(-c2cnn3c(C4CCCNC4)ccnc23)c1. The van der Waals surface area contributed by atoms with E-state index in [2.05, 4.69) is 15.4 Å². The van der Waals surface area contributed by atoms with Crippen LogP contribution in [0, 0.1) is 0 Å². The zero-order chi connectivity index (χ0) is 17.4. The Hall–Kier alpha value is -2.41. The summed E-state index contributed by atoms with van der Waals surface area (Å²) >= 11 is 0. The van der Waals surface area contributed by atoms with Crippen molar-refractivity contribution in [1.29, 1.82) is 0 Å². The van der Waals surface area contributed by atoms with E-state index in [-0.39, 0.29) is 0 Å². The molecule has 4 rings (SSSR count). The first kappa shape index (κ1) is 16.1.